The number of aliphatic hydroxyl groups is 1. The Morgan fingerprint density at radius 2 is 1.60 bits per heavy atom. The van der Waals surface area contributed by atoms with Crippen LogP contribution in [-0.2, 0) is 19.0 Å². The molecule has 0 aliphatic carbocycles. The molecule has 1 heterocycles. The van der Waals surface area contributed by atoms with Crippen LogP contribution < -0.4 is 0 Å². The van der Waals surface area contributed by atoms with E-state index in [9.17, 15) is 26.7 Å². The second-order valence-electron chi connectivity index (χ2n) is 8.79. The van der Waals surface area contributed by atoms with Crippen LogP contribution in [0, 0.1) is 11.8 Å². The average molecular weight is 593 g/mol. The van der Waals surface area contributed by atoms with Gasteiger partial charge in [0.15, 0.2) is 0 Å². The molecule has 1 fully saturated rings. The maximum atomic E-state index is 12.7. The summed E-state index contributed by atoms with van der Waals surface area (Å²) < 4.78 is 71.4. The SMILES string of the molecule is C/C(OS(=O)(=O)C(F)(F)F)=C1/C[C@@H](c2ccccc2)O[C@H]1c1ccc(Cl)cc1.CC#CCC(O)c1ccccc1. The van der Waals surface area contributed by atoms with Gasteiger partial charge in [0.05, 0.1) is 12.2 Å². The smallest absolute Gasteiger partial charge is 0.387 e. The molecule has 0 aromatic heterocycles. The standard InChI is InChI=1S/C19H16ClF3O4S.C11H12O/c1-12(27-28(24,25)19(21,22)23)16-11-17(13-5-3-2-4-6-13)26-18(16)14-7-9-15(20)10-8-14;1-2-3-9-11(12)10-7-5-4-6-8-10/h2-10,17-18H,11H2,1H3;4-8,11-12H,9H2,1H3/b16-12+;/t17-,18-;/m0./s1. The van der Waals surface area contributed by atoms with Crippen LogP contribution in [0.25, 0.3) is 0 Å². The highest BCUT2D eigenvalue weighted by atomic mass is 35.5. The summed E-state index contributed by atoms with van der Waals surface area (Å²) in [5, 5.41) is 10.0. The second kappa shape index (κ2) is 13.9. The molecule has 4 rings (SSSR count). The van der Waals surface area contributed by atoms with Crippen molar-refractivity contribution in [3.8, 4) is 11.8 Å². The number of benzene rings is 3. The van der Waals surface area contributed by atoms with Crippen molar-refractivity contribution >= 4 is 21.7 Å². The van der Waals surface area contributed by atoms with Gasteiger partial charge in [-0.3, -0.25) is 0 Å². The quantitative estimate of drug-likeness (QED) is 0.137. The van der Waals surface area contributed by atoms with Crippen molar-refractivity contribution in [1.82, 2.24) is 0 Å². The Morgan fingerprint density at radius 3 is 2.15 bits per heavy atom. The fourth-order valence-electron chi connectivity index (χ4n) is 3.97. The molecule has 3 aromatic carbocycles. The molecule has 10 heteroatoms. The zero-order valence-corrected chi connectivity index (χ0v) is 23.3. The Labute approximate surface area is 237 Å². The molecule has 212 valence electrons. The van der Waals surface area contributed by atoms with Crippen LogP contribution in [0.1, 0.15) is 61.7 Å². The maximum absolute atomic E-state index is 12.7. The van der Waals surface area contributed by atoms with Crippen LogP contribution in [0.4, 0.5) is 13.2 Å². The molecule has 1 saturated heterocycles. The number of halogens is 4. The van der Waals surface area contributed by atoms with Gasteiger partial charge in [0, 0.05) is 23.4 Å². The Hall–Kier alpha value is -3.29. The molecule has 3 aromatic rings. The van der Waals surface area contributed by atoms with E-state index in [4.69, 9.17) is 16.3 Å². The van der Waals surface area contributed by atoms with E-state index in [0.29, 0.717) is 22.6 Å². The first kappa shape index (κ1) is 31.2. The van der Waals surface area contributed by atoms with Gasteiger partial charge >= 0.3 is 15.6 Å². The molecule has 5 nitrogen and oxygen atoms in total. The van der Waals surface area contributed by atoms with Crippen molar-refractivity contribution in [3.63, 3.8) is 0 Å². The zero-order valence-electron chi connectivity index (χ0n) is 21.7. The third kappa shape index (κ3) is 8.35. The van der Waals surface area contributed by atoms with Gasteiger partial charge in [0.2, 0.25) is 0 Å². The molecule has 1 aliphatic rings. The van der Waals surface area contributed by atoms with E-state index in [2.05, 4.69) is 16.0 Å². The van der Waals surface area contributed by atoms with Gasteiger partial charge in [0.25, 0.3) is 0 Å². The number of aliphatic hydroxyl groups excluding tert-OH is 1. The van der Waals surface area contributed by atoms with Crippen LogP contribution in [-0.4, -0.2) is 19.0 Å². The first-order valence-corrected chi connectivity index (χ1v) is 14.0. The lowest BCUT2D eigenvalue weighted by Crippen LogP contribution is -2.25. The van der Waals surface area contributed by atoms with E-state index >= 15 is 0 Å². The molecule has 0 spiro atoms. The summed E-state index contributed by atoms with van der Waals surface area (Å²) in [6.45, 7) is 2.97. The average Bonchev–Trinajstić information content (AvgIpc) is 3.38. The van der Waals surface area contributed by atoms with Crippen molar-refractivity contribution in [2.24, 2.45) is 0 Å². The van der Waals surface area contributed by atoms with Crippen molar-refractivity contribution in [2.45, 2.75) is 50.5 Å². The summed E-state index contributed by atoms with van der Waals surface area (Å²) in [4.78, 5) is 0. The van der Waals surface area contributed by atoms with Crippen LogP contribution in [0.5, 0.6) is 0 Å². The van der Waals surface area contributed by atoms with E-state index < -0.39 is 33.9 Å². The first-order valence-electron chi connectivity index (χ1n) is 12.2. The minimum Gasteiger partial charge on any atom is -0.387 e. The molecule has 0 saturated carbocycles. The molecule has 3 atom stereocenters. The molecule has 1 aliphatic heterocycles. The first-order chi connectivity index (χ1) is 18.9. The largest absolute Gasteiger partial charge is 0.534 e. The summed E-state index contributed by atoms with van der Waals surface area (Å²) in [7, 11) is -5.76. The molecule has 40 heavy (non-hydrogen) atoms. The van der Waals surface area contributed by atoms with Crippen LogP contribution in [0.15, 0.2) is 96.3 Å². The van der Waals surface area contributed by atoms with Crippen LogP contribution in [0.3, 0.4) is 0 Å². The van der Waals surface area contributed by atoms with Gasteiger partial charge in [-0.2, -0.15) is 21.6 Å². The van der Waals surface area contributed by atoms with Crippen LogP contribution >= 0.6 is 11.6 Å². The number of hydrogen-bond donors (Lipinski definition) is 1. The van der Waals surface area contributed by atoms with Crippen molar-refractivity contribution < 1.29 is 35.6 Å². The normalized spacial score (nSPS) is 19.0. The van der Waals surface area contributed by atoms with E-state index in [1.165, 1.54) is 6.92 Å². The van der Waals surface area contributed by atoms with Crippen LogP contribution in [0.2, 0.25) is 5.02 Å². The maximum Gasteiger partial charge on any atom is 0.534 e. The Balaban J connectivity index is 0.000000307. The van der Waals surface area contributed by atoms with Gasteiger partial charge in [-0.25, -0.2) is 0 Å². The monoisotopic (exact) mass is 592 g/mol. The molecule has 0 bridgehead atoms. The lowest BCUT2D eigenvalue weighted by molar-refractivity contribution is -0.0523. The third-order valence-corrected chi connectivity index (χ3v) is 7.28. The van der Waals surface area contributed by atoms with Gasteiger partial charge in [-0.05, 0) is 42.7 Å². The summed E-state index contributed by atoms with van der Waals surface area (Å²) >= 11 is 5.90. The highest BCUT2D eigenvalue weighted by Gasteiger charge is 2.49. The number of allylic oxidation sites excluding steroid dienone is 1. The second-order valence-corrected chi connectivity index (χ2v) is 10.8. The van der Waals surface area contributed by atoms with Gasteiger partial charge in [0.1, 0.15) is 11.9 Å². The third-order valence-electron chi connectivity index (χ3n) is 5.99. The summed E-state index contributed by atoms with van der Waals surface area (Å²) in [6.07, 6.45) is -0.953. The summed E-state index contributed by atoms with van der Waals surface area (Å²) in [5.74, 6) is 5.25. The molecule has 1 N–H and O–H groups in total. The minimum absolute atomic E-state index is 0.191. The fraction of sp³-hybridized carbons (Fsp3) is 0.267. The number of ether oxygens (including phenoxy) is 1. The highest BCUT2D eigenvalue weighted by Crippen LogP contribution is 2.47. The molecule has 0 radical (unpaired) electrons. The number of alkyl halides is 3. The predicted octanol–water partition coefficient (Wildman–Crippen LogP) is 7.82. The number of hydrogen-bond acceptors (Lipinski definition) is 5. The van der Waals surface area contributed by atoms with Gasteiger partial charge in [-0.15, -0.1) is 11.8 Å². The summed E-state index contributed by atoms with van der Waals surface area (Å²) in [5.41, 5.74) is -2.81. The Bertz CT molecular complexity index is 1450. The topological polar surface area (TPSA) is 72.8 Å². The van der Waals surface area contributed by atoms with Gasteiger partial charge in [-0.1, -0.05) is 84.4 Å². The van der Waals surface area contributed by atoms with Crippen molar-refractivity contribution in [3.05, 3.63) is 118 Å². The van der Waals surface area contributed by atoms with Crippen molar-refractivity contribution in [2.75, 3.05) is 0 Å². The van der Waals surface area contributed by atoms with E-state index in [1.807, 2.05) is 60.7 Å². The number of rotatable bonds is 6. The zero-order chi connectivity index (χ0) is 29.3. The molecule has 1 unspecified atom stereocenters. The lowest BCUT2D eigenvalue weighted by atomic mass is 9.97. The van der Waals surface area contributed by atoms with E-state index in [-0.39, 0.29) is 12.2 Å². The van der Waals surface area contributed by atoms with Gasteiger partial charge < -0.3 is 14.0 Å². The molecule has 0 amide bonds. The lowest BCUT2D eigenvalue weighted by Gasteiger charge is -2.17. The molecular formula is C30H28ClF3O5S. The predicted molar refractivity (Wildman–Crippen MR) is 147 cm³/mol. The fourth-order valence-corrected chi connectivity index (χ4v) is 4.62. The Morgan fingerprint density at radius 1 is 1.02 bits per heavy atom. The highest BCUT2D eigenvalue weighted by molar-refractivity contribution is 7.87. The van der Waals surface area contributed by atoms with E-state index in [1.54, 1.807) is 31.2 Å². The molecular weight excluding hydrogens is 565 g/mol. The van der Waals surface area contributed by atoms with Crippen molar-refractivity contribution in [1.29, 1.82) is 0 Å². The van der Waals surface area contributed by atoms with E-state index in [0.717, 1.165) is 11.1 Å². The summed E-state index contributed by atoms with van der Waals surface area (Å²) in [6, 6.07) is 25.3. The Kier molecular flexibility index (Phi) is 10.8. The minimum atomic E-state index is -5.76.